The fourth-order valence-electron chi connectivity index (χ4n) is 5.05. The topological polar surface area (TPSA) is 46.3 Å². The van der Waals surface area contributed by atoms with Crippen LogP contribution in [0.1, 0.15) is 56.3 Å². The van der Waals surface area contributed by atoms with Gasteiger partial charge in [0.05, 0.1) is 10.6 Å². The molecule has 5 heteroatoms. The Labute approximate surface area is 159 Å². The normalized spacial score (nSPS) is 26.9. The lowest BCUT2D eigenvalue weighted by Gasteiger charge is -2.39. The molecular weight excluding hydrogens is 344 g/mol. The van der Waals surface area contributed by atoms with E-state index in [1.54, 1.807) is 11.8 Å². The second-order valence-electron chi connectivity index (χ2n) is 8.99. The zero-order valence-corrected chi connectivity index (χ0v) is 16.7. The molecule has 4 nitrogen and oxygen atoms in total. The summed E-state index contributed by atoms with van der Waals surface area (Å²) in [5.74, 6) is 0.390. The SMILES string of the molecule is Cc1noc(C(=O)N2CC3(C)CC2CC(C)(C)C3)c1Sc1ccccc1. The van der Waals surface area contributed by atoms with Crippen molar-refractivity contribution in [2.45, 2.75) is 62.8 Å². The molecule has 2 fully saturated rings. The third-order valence-corrected chi connectivity index (χ3v) is 6.83. The first-order valence-electron chi connectivity index (χ1n) is 9.27. The molecule has 1 aliphatic heterocycles. The van der Waals surface area contributed by atoms with Gasteiger partial charge in [-0.15, -0.1) is 0 Å². The van der Waals surface area contributed by atoms with Gasteiger partial charge in [0.25, 0.3) is 5.91 Å². The van der Waals surface area contributed by atoms with Crippen molar-refractivity contribution < 1.29 is 9.32 Å². The lowest BCUT2D eigenvalue weighted by Crippen LogP contribution is -2.37. The first kappa shape index (κ1) is 17.7. The maximum atomic E-state index is 13.3. The van der Waals surface area contributed by atoms with Gasteiger partial charge in [0, 0.05) is 17.5 Å². The van der Waals surface area contributed by atoms with Crippen molar-refractivity contribution in [1.82, 2.24) is 10.1 Å². The van der Waals surface area contributed by atoms with E-state index in [2.05, 4.69) is 25.9 Å². The van der Waals surface area contributed by atoms with Crippen molar-refractivity contribution in [3.63, 3.8) is 0 Å². The summed E-state index contributed by atoms with van der Waals surface area (Å²) >= 11 is 1.56. The average Bonchev–Trinajstić information content (AvgIpc) is 3.04. The molecule has 1 aliphatic carbocycles. The van der Waals surface area contributed by atoms with Gasteiger partial charge in [-0.3, -0.25) is 4.79 Å². The van der Waals surface area contributed by atoms with Crippen LogP contribution in [0.2, 0.25) is 0 Å². The largest absolute Gasteiger partial charge is 0.349 e. The van der Waals surface area contributed by atoms with E-state index < -0.39 is 0 Å². The highest BCUT2D eigenvalue weighted by Gasteiger charge is 2.51. The number of hydrogen-bond donors (Lipinski definition) is 0. The van der Waals surface area contributed by atoms with Gasteiger partial charge >= 0.3 is 0 Å². The summed E-state index contributed by atoms with van der Waals surface area (Å²) in [5.41, 5.74) is 1.27. The highest BCUT2D eigenvalue weighted by atomic mass is 32.2. The summed E-state index contributed by atoms with van der Waals surface area (Å²) in [5, 5.41) is 4.09. The van der Waals surface area contributed by atoms with E-state index in [1.165, 1.54) is 6.42 Å². The van der Waals surface area contributed by atoms with Crippen LogP contribution in [0, 0.1) is 17.8 Å². The van der Waals surface area contributed by atoms with Crippen LogP contribution in [-0.4, -0.2) is 28.6 Å². The standard InChI is InChI=1S/C21H26N2O2S/c1-14-18(26-16-8-6-5-7-9-16)17(25-22-14)19(24)23-13-21(4)11-15(23)10-20(2,3)12-21/h5-9,15H,10-13H2,1-4H3. The highest BCUT2D eigenvalue weighted by molar-refractivity contribution is 7.99. The molecular formula is C21H26N2O2S. The van der Waals surface area contributed by atoms with Crippen LogP contribution in [0.4, 0.5) is 0 Å². The van der Waals surface area contributed by atoms with Crippen molar-refractivity contribution in [1.29, 1.82) is 0 Å². The smallest absolute Gasteiger partial charge is 0.293 e. The molecule has 1 aromatic heterocycles. The Kier molecular flexibility index (Phi) is 4.18. The highest BCUT2D eigenvalue weighted by Crippen LogP contribution is 2.53. The molecule has 1 amide bonds. The minimum Gasteiger partial charge on any atom is -0.349 e. The molecule has 2 aliphatic rings. The molecule has 2 heterocycles. The molecule has 2 bridgehead atoms. The molecule has 2 aromatic rings. The second kappa shape index (κ2) is 6.15. The van der Waals surface area contributed by atoms with Crippen LogP contribution < -0.4 is 0 Å². The third-order valence-electron chi connectivity index (χ3n) is 5.64. The molecule has 0 radical (unpaired) electrons. The van der Waals surface area contributed by atoms with Gasteiger partial charge in [0.1, 0.15) is 0 Å². The number of rotatable bonds is 3. The molecule has 2 atom stereocenters. The Balaban J connectivity index is 1.62. The maximum Gasteiger partial charge on any atom is 0.293 e. The summed E-state index contributed by atoms with van der Waals surface area (Å²) in [7, 11) is 0. The summed E-state index contributed by atoms with van der Waals surface area (Å²) in [6.45, 7) is 9.67. The van der Waals surface area contributed by atoms with Crippen molar-refractivity contribution >= 4 is 17.7 Å². The number of nitrogens with zero attached hydrogens (tertiary/aromatic N) is 2. The van der Waals surface area contributed by atoms with E-state index >= 15 is 0 Å². The lowest BCUT2D eigenvalue weighted by atomic mass is 9.65. The Morgan fingerprint density at radius 1 is 1.23 bits per heavy atom. The Morgan fingerprint density at radius 3 is 2.69 bits per heavy atom. The monoisotopic (exact) mass is 370 g/mol. The lowest BCUT2D eigenvalue weighted by molar-refractivity contribution is 0.0662. The Bertz CT molecular complexity index is 830. The molecule has 4 rings (SSSR count). The van der Waals surface area contributed by atoms with Crippen molar-refractivity contribution in [3.8, 4) is 0 Å². The third kappa shape index (κ3) is 3.18. The van der Waals surface area contributed by atoms with Crippen LogP contribution in [0.15, 0.2) is 44.6 Å². The van der Waals surface area contributed by atoms with E-state index in [-0.39, 0.29) is 16.7 Å². The molecule has 2 unspecified atom stereocenters. The number of benzene rings is 1. The fourth-order valence-corrected chi connectivity index (χ4v) is 5.98. The number of aromatic nitrogens is 1. The van der Waals surface area contributed by atoms with Crippen LogP contribution in [0.25, 0.3) is 0 Å². The number of hydrogen-bond acceptors (Lipinski definition) is 4. The van der Waals surface area contributed by atoms with Gasteiger partial charge in [0.15, 0.2) is 0 Å². The first-order valence-corrected chi connectivity index (χ1v) is 10.1. The predicted molar refractivity (Wildman–Crippen MR) is 102 cm³/mol. The number of amides is 1. The predicted octanol–water partition coefficient (Wildman–Crippen LogP) is 5.18. The summed E-state index contributed by atoms with van der Waals surface area (Å²) in [6.07, 6.45) is 3.32. The van der Waals surface area contributed by atoms with E-state index in [1.807, 2.05) is 42.2 Å². The number of carbonyl (C=O) groups excluding carboxylic acids is 1. The maximum absolute atomic E-state index is 13.3. The van der Waals surface area contributed by atoms with E-state index in [4.69, 9.17) is 4.52 Å². The molecule has 138 valence electrons. The molecule has 0 spiro atoms. The van der Waals surface area contributed by atoms with Gasteiger partial charge < -0.3 is 9.42 Å². The van der Waals surface area contributed by atoms with Gasteiger partial charge in [0.2, 0.25) is 5.76 Å². The number of aryl methyl sites for hydroxylation is 1. The van der Waals surface area contributed by atoms with Crippen LogP contribution >= 0.6 is 11.8 Å². The minimum atomic E-state index is -0.00421. The van der Waals surface area contributed by atoms with Crippen molar-refractivity contribution in [3.05, 3.63) is 41.8 Å². The zero-order chi connectivity index (χ0) is 18.5. The van der Waals surface area contributed by atoms with Gasteiger partial charge in [-0.2, -0.15) is 0 Å². The van der Waals surface area contributed by atoms with E-state index in [9.17, 15) is 4.79 Å². The van der Waals surface area contributed by atoms with Gasteiger partial charge in [-0.05, 0) is 49.1 Å². The second-order valence-corrected chi connectivity index (χ2v) is 10.1. The molecule has 1 saturated heterocycles. The molecule has 26 heavy (non-hydrogen) atoms. The van der Waals surface area contributed by atoms with Crippen LogP contribution in [0.5, 0.6) is 0 Å². The number of carbonyl (C=O) groups is 1. The van der Waals surface area contributed by atoms with E-state index in [0.717, 1.165) is 34.9 Å². The van der Waals surface area contributed by atoms with E-state index in [0.29, 0.717) is 11.8 Å². The minimum absolute atomic E-state index is 0.00421. The fraction of sp³-hybridized carbons (Fsp3) is 0.524. The number of likely N-dealkylation sites (tertiary alicyclic amines) is 1. The van der Waals surface area contributed by atoms with Crippen LogP contribution in [0.3, 0.4) is 0 Å². The van der Waals surface area contributed by atoms with Gasteiger partial charge in [-0.1, -0.05) is 55.9 Å². The first-order chi connectivity index (χ1) is 12.3. The molecule has 1 saturated carbocycles. The van der Waals surface area contributed by atoms with Gasteiger partial charge in [-0.25, -0.2) is 0 Å². The summed E-state index contributed by atoms with van der Waals surface area (Å²) in [4.78, 5) is 17.3. The molecule has 1 aromatic carbocycles. The van der Waals surface area contributed by atoms with Crippen molar-refractivity contribution in [2.75, 3.05) is 6.54 Å². The van der Waals surface area contributed by atoms with Crippen LogP contribution in [-0.2, 0) is 0 Å². The summed E-state index contributed by atoms with van der Waals surface area (Å²) in [6, 6.07) is 10.4. The number of fused-ring (bicyclic) bond motifs is 2. The Morgan fingerprint density at radius 2 is 1.96 bits per heavy atom. The average molecular weight is 371 g/mol. The summed E-state index contributed by atoms with van der Waals surface area (Å²) < 4.78 is 5.51. The quantitative estimate of drug-likeness (QED) is 0.747. The van der Waals surface area contributed by atoms with Crippen molar-refractivity contribution in [2.24, 2.45) is 10.8 Å². The Hall–Kier alpha value is -1.75. The molecule has 0 N–H and O–H groups in total. The zero-order valence-electron chi connectivity index (χ0n) is 15.9.